The molecule has 3 heteroatoms. The van der Waals surface area contributed by atoms with Gasteiger partial charge < -0.3 is 0 Å². The predicted molar refractivity (Wildman–Crippen MR) is 37.9 cm³/mol. The van der Waals surface area contributed by atoms with Gasteiger partial charge in [0.2, 0.25) is 0 Å². The van der Waals surface area contributed by atoms with E-state index in [1.807, 2.05) is 6.92 Å². The van der Waals surface area contributed by atoms with Crippen LogP contribution in [-0.2, 0) is 7.05 Å². The van der Waals surface area contributed by atoms with E-state index in [4.69, 9.17) is 0 Å². The third-order valence-electron chi connectivity index (χ3n) is 1.13. The van der Waals surface area contributed by atoms with Gasteiger partial charge in [0.05, 0.1) is 6.20 Å². The average molecular weight is 140 g/mol. The second-order valence-electron chi connectivity index (χ2n) is 2.04. The number of allylic oxidation sites excluding steroid dienone is 1. The standard InChI is InChI=1S/C7H9FN2/c1-3-4-7-6(8)5-10(2)9-7/h3-5H,1-2H3/b4-3+. The largest absolute Gasteiger partial charge is 0.272 e. The van der Waals surface area contributed by atoms with Crippen LogP contribution in [0.1, 0.15) is 12.6 Å². The van der Waals surface area contributed by atoms with Gasteiger partial charge in [0.25, 0.3) is 0 Å². The summed E-state index contributed by atoms with van der Waals surface area (Å²) in [5.41, 5.74) is 0.394. The number of nitrogens with zero attached hydrogens (tertiary/aromatic N) is 2. The Hall–Kier alpha value is -1.12. The van der Waals surface area contributed by atoms with E-state index >= 15 is 0 Å². The lowest BCUT2D eigenvalue weighted by atomic mass is 10.4. The van der Waals surface area contributed by atoms with E-state index in [0.29, 0.717) is 5.69 Å². The highest BCUT2D eigenvalue weighted by Gasteiger charge is 2.00. The van der Waals surface area contributed by atoms with Gasteiger partial charge in [-0.05, 0) is 13.0 Å². The summed E-state index contributed by atoms with van der Waals surface area (Å²) < 4.78 is 14.1. The summed E-state index contributed by atoms with van der Waals surface area (Å²) in [6.45, 7) is 1.83. The third kappa shape index (κ3) is 1.23. The van der Waals surface area contributed by atoms with Gasteiger partial charge in [-0.25, -0.2) is 4.39 Å². The van der Waals surface area contributed by atoms with E-state index in [2.05, 4.69) is 5.10 Å². The zero-order valence-corrected chi connectivity index (χ0v) is 6.00. The smallest absolute Gasteiger partial charge is 0.168 e. The molecule has 0 fully saturated rings. The van der Waals surface area contributed by atoms with Crippen molar-refractivity contribution < 1.29 is 4.39 Å². The second kappa shape index (κ2) is 2.64. The minimum absolute atomic E-state index is 0.277. The molecule has 0 aliphatic carbocycles. The Morgan fingerprint density at radius 3 is 2.80 bits per heavy atom. The Kier molecular flexibility index (Phi) is 1.85. The molecule has 1 aromatic heterocycles. The zero-order chi connectivity index (χ0) is 7.56. The van der Waals surface area contributed by atoms with Crippen LogP contribution in [0.3, 0.4) is 0 Å². The van der Waals surface area contributed by atoms with Gasteiger partial charge in [0.1, 0.15) is 5.69 Å². The van der Waals surface area contributed by atoms with Crippen molar-refractivity contribution in [2.75, 3.05) is 0 Å². The summed E-state index contributed by atoms with van der Waals surface area (Å²) >= 11 is 0. The number of rotatable bonds is 1. The summed E-state index contributed by atoms with van der Waals surface area (Å²) in [5, 5.41) is 3.85. The molecule has 54 valence electrons. The molecule has 0 saturated heterocycles. The molecule has 0 bridgehead atoms. The SMILES string of the molecule is C/C=C/c1nn(C)cc1F. The monoisotopic (exact) mass is 140 g/mol. The van der Waals surface area contributed by atoms with E-state index in [-0.39, 0.29) is 5.82 Å². The third-order valence-corrected chi connectivity index (χ3v) is 1.13. The molecule has 0 radical (unpaired) electrons. The van der Waals surface area contributed by atoms with Crippen LogP contribution in [0.4, 0.5) is 4.39 Å². The summed E-state index contributed by atoms with van der Waals surface area (Å²) in [6, 6.07) is 0. The zero-order valence-electron chi connectivity index (χ0n) is 6.00. The van der Waals surface area contributed by atoms with Crippen LogP contribution in [0, 0.1) is 5.82 Å². The molecule has 10 heavy (non-hydrogen) atoms. The van der Waals surface area contributed by atoms with Crippen molar-refractivity contribution in [3.63, 3.8) is 0 Å². The second-order valence-corrected chi connectivity index (χ2v) is 2.04. The highest BCUT2D eigenvalue weighted by Crippen LogP contribution is 2.04. The van der Waals surface area contributed by atoms with E-state index in [9.17, 15) is 4.39 Å². The lowest BCUT2D eigenvalue weighted by Gasteiger charge is -1.81. The van der Waals surface area contributed by atoms with Gasteiger partial charge in [-0.1, -0.05) is 6.08 Å². The van der Waals surface area contributed by atoms with Crippen molar-refractivity contribution >= 4 is 6.08 Å². The number of halogens is 1. The Morgan fingerprint density at radius 1 is 1.70 bits per heavy atom. The molecule has 2 nitrogen and oxygen atoms in total. The van der Waals surface area contributed by atoms with Crippen molar-refractivity contribution in [1.29, 1.82) is 0 Å². The van der Waals surface area contributed by atoms with Gasteiger partial charge in [-0.15, -0.1) is 0 Å². The average Bonchev–Trinajstić information content (AvgIpc) is 2.13. The van der Waals surface area contributed by atoms with Crippen LogP contribution in [0.5, 0.6) is 0 Å². The maximum absolute atomic E-state index is 12.7. The number of aromatic nitrogens is 2. The van der Waals surface area contributed by atoms with Crippen molar-refractivity contribution in [2.24, 2.45) is 7.05 Å². The molecule has 1 aromatic rings. The van der Waals surface area contributed by atoms with E-state index in [0.717, 1.165) is 0 Å². The predicted octanol–water partition coefficient (Wildman–Crippen LogP) is 1.59. The fraction of sp³-hybridized carbons (Fsp3) is 0.286. The minimum atomic E-state index is -0.277. The maximum atomic E-state index is 12.7. The lowest BCUT2D eigenvalue weighted by molar-refractivity contribution is 0.622. The van der Waals surface area contributed by atoms with Crippen molar-refractivity contribution in [1.82, 2.24) is 9.78 Å². The van der Waals surface area contributed by atoms with Crippen LogP contribution in [0.15, 0.2) is 12.3 Å². The van der Waals surface area contributed by atoms with Gasteiger partial charge in [-0.3, -0.25) is 4.68 Å². The summed E-state index contributed by atoms with van der Waals surface area (Å²) in [4.78, 5) is 0. The highest BCUT2D eigenvalue weighted by molar-refractivity contribution is 5.43. The molecular formula is C7H9FN2. The molecule has 0 amide bonds. The summed E-state index contributed by atoms with van der Waals surface area (Å²) in [7, 11) is 1.69. The molecular weight excluding hydrogens is 131 g/mol. The van der Waals surface area contributed by atoms with Gasteiger partial charge in [0.15, 0.2) is 5.82 Å². The fourth-order valence-electron chi connectivity index (χ4n) is 0.748. The van der Waals surface area contributed by atoms with E-state index in [1.54, 1.807) is 19.2 Å². The molecule has 0 N–H and O–H groups in total. The van der Waals surface area contributed by atoms with E-state index < -0.39 is 0 Å². The van der Waals surface area contributed by atoms with Crippen LogP contribution in [-0.4, -0.2) is 9.78 Å². The van der Waals surface area contributed by atoms with Gasteiger partial charge >= 0.3 is 0 Å². The Morgan fingerprint density at radius 2 is 2.40 bits per heavy atom. The summed E-state index contributed by atoms with van der Waals surface area (Å²) in [5.74, 6) is -0.277. The van der Waals surface area contributed by atoms with Gasteiger partial charge in [-0.2, -0.15) is 5.10 Å². The first-order chi connectivity index (χ1) is 4.74. The molecule has 0 aliphatic heterocycles. The summed E-state index contributed by atoms with van der Waals surface area (Å²) in [6.07, 6.45) is 4.73. The lowest BCUT2D eigenvalue weighted by Crippen LogP contribution is -1.86. The number of hydrogen-bond acceptors (Lipinski definition) is 1. The Balaban J connectivity index is 3.03. The van der Waals surface area contributed by atoms with Crippen LogP contribution < -0.4 is 0 Å². The number of aryl methyl sites for hydroxylation is 1. The van der Waals surface area contributed by atoms with Crippen molar-refractivity contribution in [3.05, 3.63) is 23.8 Å². The van der Waals surface area contributed by atoms with Crippen molar-refractivity contribution in [2.45, 2.75) is 6.92 Å². The Labute approximate surface area is 59.0 Å². The molecule has 0 saturated carbocycles. The highest BCUT2D eigenvalue weighted by atomic mass is 19.1. The first-order valence-electron chi connectivity index (χ1n) is 3.06. The topological polar surface area (TPSA) is 17.8 Å². The van der Waals surface area contributed by atoms with Crippen LogP contribution in [0.2, 0.25) is 0 Å². The number of hydrogen-bond donors (Lipinski definition) is 0. The quantitative estimate of drug-likeness (QED) is 0.579. The minimum Gasteiger partial charge on any atom is -0.272 e. The molecule has 0 spiro atoms. The fourth-order valence-corrected chi connectivity index (χ4v) is 0.748. The van der Waals surface area contributed by atoms with E-state index in [1.165, 1.54) is 10.9 Å². The normalized spacial score (nSPS) is 11.1. The molecule has 1 heterocycles. The molecule has 0 aromatic carbocycles. The Bertz CT molecular complexity index is 250. The van der Waals surface area contributed by atoms with Crippen LogP contribution in [0.25, 0.3) is 6.08 Å². The maximum Gasteiger partial charge on any atom is 0.168 e. The van der Waals surface area contributed by atoms with Crippen molar-refractivity contribution in [3.8, 4) is 0 Å². The molecule has 0 aliphatic rings. The molecule has 0 atom stereocenters. The van der Waals surface area contributed by atoms with Crippen LogP contribution >= 0.6 is 0 Å². The first kappa shape index (κ1) is 6.99. The molecule has 1 rings (SSSR count). The van der Waals surface area contributed by atoms with Gasteiger partial charge in [0, 0.05) is 7.05 Å². The molecule has 0 unspecified atom stereocenters. The first-order valence-corrected chi connectivity index (χ1v) is 3.06.